The van der Waals surface area contributed by atoms with E-state index in [1.165, 1.54) is 18.4 Å². The highest BCUT2D eigenvalue weighted by Gasteiger charge is 2.31. The predicted molar refractivity (Wildman–Crippen MR) is 73.0 cm³/mol. The van der Waals surface area contributed by atoms with Gasteiger partial charge in [-0.1, -0.05) is 32.0 Å². The van der Waals surface area contributed by atoms with Crippen LogP contribution in [0.5, 0.6) is 0 Å². The molecule has 1 aromatic rings. The van der Waals surface area contributed by atoms with E-state index in [0.717, 1.165) is 6.54 Å². The van der Waals surface area contributed by atoms with Crippen molar-refractivity contribution in [2.24, 2.45) is 5.92 Å². The third-order valence-electron chi connectivity index (χ3n) is 4.21. The van der Waals surface area contributed by atoms with Crippen LogP contribution in [0.25, 0.3) is 5.57 Å². The lowest BCUT2D eigenvalue weighted by atomic mass is 9.88. The molecule has 1 aromatic carbocycles. The standard InChI is InChI=1S/C16H21N/c1-10(2)16-14-9-12-6-4-5-11(3)15(12)13(14)7-8-17-16/h4-6,10,16-17H,7-9H2,1-3H3. The molecule has 2 aliphatic rings. The molecule has 0 spiro atoms. The Bertz CT molecular complexity index is 482. The van der Waals surface area contributed by atoms with E-state index in [4.69, 9.17) is 0 Å². The minimum Gasteiger partial charge on any atom is -0.310 e. The Hall–Kier alpha value is -1.08. The third kappa shape index (κ3) is 1.64. The van der Waals surface area contributed by atoms with E-state index in [1.807, 2.05) is 0 Å². The van der Waals surface area contributed by atoms with Gasteiger partial charge in [-0.3, -0.25) is 0 Å². The number of nitrogens with one attached hydrogen (secondary N) is 1. The van der Waals surface area contributed by atoms with Crippen LogP contribution in [-0.4, -0.2) is 12.6 Å². The van der Waals surface area contributed by atoms with Crippen LogP contribution in [0.3, 0.4) is 0 Å². The summed E-state index contributed by atoms with van der Waals surface area (Å²) in [6, 6.07) is 7.34. The van der Waals surface area contributed by atoms with Gasteiger partial charge in [-0.25, -0.2) is 0 Å². The smallest absolute Gasteiger partial charge is 0.0312 e. The fourth-order valence-electron chi connectivity index (χ4n) is 3.48. The van der Waals surface area contributed by atoms with Crippen molar-refractivity contribution < 1.29 is 0 Å². The lowest BCUT2D eigenvalue weighted by molar-refractivity contribution is 0.435. The molecular formula is C16H21N. The van der Waals surface area contributed by atoms with Gasteiger partial charge in [-0.15, -0.1) is 0 Å². The minimum absolute atomic E-state index is 0.588. The van der Waals surface area contributed by atoms with E-state index >= 15 is 0 Å². The molecule has 1 nitrogen and oxygen atoms in total. The van der Waals surface area contributed by atoms with Crippen molar-refractivity contribution in [3.05, 3.63) is 40.5 Å². The van der Waals surface area contributed by atoms with E-state index in [9.17, 15) is 0 Å². The van der Waals surface area contributed by atoms with E-state index in [-0.39, 0.29) is 0 Å². The van der Waals surface area contributed by atoms with Crippen molar-refractivity contribution >= 4 is 5.57 Å². The summed E-state index contributed by atoms with van der Waals surface area (Å²) < 4.78 is 0. The topological polar surface area (TPSA) is 12.0 Å². The van der Waals surface area contributed by atoms with Crippen LogP contribution < -0.4 is 5.32 Å². The van der Waals surface area contributed by atoms with Gasteiger partial charge in [0.05, 0.1) is 0 Å². The molecular weight excluding hydrogens is 206 g/mol. The molecule has 0 aromatic heterocycles. The number of hydrogen-bond donors (Lipinski definition) is 1. The maximum atomic E-state index is 3.69. The number of rotatable bonds is 1. The average Bonchev–Trinajstić information content (AvgIpc) is 2.67. The van der Waals surface area contributed by atoms with Crippen molar-refractivity contribution in [3.8, 4) is 0 Å². The van der Waals surface area contributed by atoms with Crippen LogP contribution >= 0.6 is 0 Å². The maximum absolute atomic E-state index is 3.69. The lowest BCUT2D eigenvalue weighted by Crippen LogP contribution is -2.39. The molecule has 0 amide bonds. The van der Waals surface area contributed by atoms with Crippen LogP contribution in [0.4, 0.5) is 0 Å². The molecule has 1 N–H and O–H groups in total. The molecule has 3 rings (SSSR count). The van der Waals surface area contributed by atoms with Gasteiger partial charge in [0.1, 0.15) is 0 Å². The Morgan fingerprint density at radius 1 is 1.29 bits per heavy atom. The summed E-state index contributed by atoms with van der Waals surface area (Å²) in [5.74, 6) is 0.690. The van der Waals surface area contributed by atoms with Crippen LogP contribution in [0.15, 0.2) is 23.8 Å². The third-order valence-corrected chi connectivity index (χ3v) is 4.21. The van der Waals surface area contributed by atoms with Gasteiger partial charge in [0, 0.05) is 6.04 Å². The molecule has 1 unspecified atom stereocenters. The van der Waals surface area contributed by atoms with Crippen LogP contribution in [0, 0.1) is 12.8 Å². The number of aryl methyl sites for hydroxylation is 1. The monoisotopic (exact) mass is 227 g/mol. The zero-order valence-electron chi connectivity index (χ0n) is 11.0. The lowest BCUT2D eigenvalue weighted by Gasteiger charge is -2.30. The highest BCUT2D eigenvalue weighted by molar-refractivity contribution is 5.80. The molecule has 0 bridgehead atoms. The minimum atomic E-state index is 0.588. The fourth-order valence-corrected chi connectivity index (χ4v) is 3.48. The summed E-state index contributed by atoms with van der Waals surface area (Å²) in [7, 11) is 0. The van der Waals surface area contributed by atoms with E-state index < -0.39 is 0 Å². The van der Waals surface area contributed by atoms with Crippen LogP contribution in [0.1, 0.15) is 37.0 Å². The van der Waals surface area contributed by atoms with Gasteiger partial charge in [-0.2, -0.15) is 0 Å². The quantitative estimate of drug-likeness (QED) is 0.776. The SMILES string of the molecule is Cc1cccc2c1C1=C(C2)C(C(C)C)NCC1. The summed E-state index contributed by atoms with van der Waals surface area (Å²) in [5, 5.41) is 3.69. The Kier molecular flexibility index (Phi) is 2.59. The second-order valence-electron chi connectivity index (χ2n) is 5.72. The van der Waals surface area contributed by atoms with Gasteiger partial charge in [0.2, 0.25) is 0 Å². The Labute approximate surface area is 104 Å². The van der Waals surface area contributed by atoms with E-state index in [2.05, 4.69) is 44.3 Å². The molecule has 0 saturated carbocycles. The van der Waals surface area contributed by atoms with Gasteiger partial charge in [0.15, 0.2) is 0 Å². The highest BCUT2D eigenvalue weighted by atomic mass is 14.9. The first kappa shape index (κ1) is 11.0. The van der Waals surface area contributed by atoms with E-state index in [0.29, 0.717) is 12.0 Å². The van der Waals surface area contributed by atoms with Gasteiger partial charge in [-0.05, 0) is 60.1 Å². The molecule has 1 aliphatic heterocycles. The Morgan fingerprint density at radius 2 is 2.12 bits per heavy atom. The number of benzene rings is 1. The molecule has 1 heterocycles. The normalized spacial score (nSPS) is 22.9. The summed E-state index contributed by atoms with van der Waals surface area (Å²) in [6.45, 7) is 8.03. The number of hydrogen-bond acceptors (Lipinski definition) is 1. The first-order valence-electron chi connectivity index (χ1n) is 6.72. The molecule has 90 valence electrons. The maximum Gasteiger partial charge on any atom is 0.0312 e. The van der Waals surface area contributed by atoms with Crippen molar-refractivity contribution in [1.29, 1.82) is 0 Å². The predicted octanol–water partition coefficient (Wildman–Crippen LogP) is 3.32. The highest BCUT2D eigenvalue weighted by Crippen LogP contribution is 2.41. The fraction of sp³-hybridized carbons (Fsp3) is 0.500. The summed E-state index contributed by atoms with van der Waals surface area (Å²) >= 11 is 0. The van der Waals surface area contributed by atoms with Gasteiger partial charge >= 0.3 is 0 Å². The van der Waals surface area contributed by atoms with Crippen molar-refractivity contribution in [1.82, 2.24) is 5.32 Å². The first-order chi connectivity index (χ1) is 8.18. The second kappa shape index (κ2) is 3.99. The molecule has 17 heavy (non-hydrogen) atoms. The molecule has 0 fully saturated rings. The van der Waals surface area contributed by atoms with Crippen molar-refractivity contribution in [2.75, 3.05) is 6.54 Å². The zero-order valence-corrected chi connectivity index (χ0v) is 11.0. The summed E-state index contributed by atoms with van der Waals surface area (Å²) in [4.78, 5) is 0. The van der Waals surface area contributed by atoms with Crippen molar-refractivity contribution in [3.63, 3.8) is 0 Å². The average molecular weight is 227 g/mol. The largest absolute Gasteiger partial charge is 0.310 e. The second-order valence-corrected chi connectivity index (χ2v) is 5.72. The van der Waals surface area contributed by atoms with E-state index in [1.54, 1.807) is 22.3 Å². The molecule has 0 radical (unpaired) electrons. The van der Waals surface area contributed by atoms with Crippen LogP contribution in [0.2, 0.25) is 0 Å². The first-order valence-corrected chi connectivity index (χ1v) is 6.72. The molecule has 1 heteroatoms. The molecule has 1 aliphatic carbocycles. The summed E-state index contributed by atoms with van der Waals surface area (Å²) in [5.41, 5.74) is 7.88. The molecule has 1 atom stereocenters. The Morgan fingerprint density at radius 3 is 2.88 bits per heavy atom. The van der Waals surface area contributed by atoms with Crippen molar-refractivity contribution in [2.45, 2.75) is 39.7 Å². The molecule has 0 saturated heterocycles. The van der Waals surface area contributed by atoms with Gasteiger partial charge < -0.3 is 5.32 Å². The number of fused-ring (bicyclic) bond motifs is 2. The van der Waals surface area contributed by atoms with Crippen LogP contribution in [-0.2, 0) is 6.42 Å². The zero-order chi connectivity index (χ0) is 12.0. The van der Waals surface area contributed by atoms with Gasteiger partial charge in [0.25, 0.3) is 0 Å². The Balaban J connectivity index is 2.10. The summed E-state index contributed by atoms with van der Waals surface area (Å²) in [6.07, 6.45) is 2.37.